The number of benzene rings is 2. The lowest BCUT2D eigenvalue weighted by atomic mass is 10.0. The van der Waals surface area contributed by atoms with Crippen LogP contribution in [0.4, 0.5) is 30.7 Å². The van der Waals surface area contributed by atoms with Crippen LogP contribution in [0.1, 0.15) is 34.9 Å². The molecule has 33 heavy (non-hydrogen) atoms. The summed E-state index contributed by atoms with van der Waals surface area (Å²) in [6.07, 6.45) is -9.99. The number of hydrogen-bond acceptors (Lipinski definition) is 3. The number of amidine groups is 1. The van der Waals surface area contributed by atoms with E-state index in [1.54, 1.807) is 0 Å². The van der Waals surface area contributed by atoms with Crippen molar-refractivity contribution in [1.29, 1.82) is 10.7 Å². The minimum Gasteiger partial charge on any atom is -0.352 e. The first-order valence-corrected chi connectivity index (χ1v) is 9.35. The molecule has 0 radical (unpaired) electrons. The van der Waals surface area contributed by atoms with Gasteiger partial charge in [-0.15, -0.1) is 0 Å². The summed E-state index contributed by atoms with van der Waals surface area (Å²) in [5, 5.41) is 17.8. The number of hydrogen-bond donors (Lipinski definition) is 1. The summed E-state index contributed by atoms with van der Waals surface area (Å²) in [6.45, 7) is 0.680. The van der Waals surface area contributed by atoms with E-state index in [4.69, 9.17) is 5.41 Å². The van der Waals surface area contributed by atoms with Gasteiger partial charge in [0.05, 0.1) is 22.5 Å². The van der Waals surface area contributed by atoms with Crippen LogP contribution in [0.15, 0.2) is 42.5 Å². The van der Waals surface area contributed by atoms with Crippen LogP contribution >= 0.6 is 0 Å². The smallest absolute Gasteiger partial charge is 0.352 e. The van der Waals surface area contributed by atoms with E-state index in [9.17, 15) is 36.0 Å². The number of alkyl halides is 6. The molecule has 0 amide bonds. The normalized spacial score (nSPS) is 12.0. The Kier molecular flexibility index (Phi) is 6.31. The Morgan fingerprint density at radius 1 is 0.970 bits per heavy atom. The summed E-state index contributed by atoms with van der Waals surface area (Å²) in [5.74, 6) is -0.710. The zero-order valence-corrected chi connectivity index (χ0v) is 16.9. The molecule has 172 valence electrons. The molecule has 0 atom stereocenters. The number of halogens is 7. The van der Waals surface area contributed by atoms with Crippen molar-refractivity contribution in [3.8, 4) is 6.07 Å². The maximum atomic E-state index is 13.4. The predicted octanol–water partition coefficient (Wildman–Crippen LogP) is 6.28. The highest BCUT2D eigenvalue weighted by molar-refractivity contribution is 5.81. The van der Waals surface area contributed by atoms with Gasteiger partial charge in [-0.05, 0) is 48.9 Å². The lowest BCUT2D eigenvalue weighted by molar-refractivity contribution is -0.143. The Balaban J connectivity index is 2.01. The molecule has 0 spiro atoms. The monoisotopic (exact) mass is 468 g/mol. The summed E-state index contributed by atoms with van der Waals surface area (Å²) in [7, 11) is 0. The van der Waals surface area contributed by atoms with E-state index in [1.807, 2.05) is 6.07 Å². The summed E-state index contributed by atoms with van der Waals surface area (Å²) in [4.78, 5) is 5.28. The second kappa shape index (κ2) is 8.69. The zero-order valence-electron chi connectivity index (χ0n) is 16.9. The first kappa shape index (κ1) is 24.0. The molecule has 0 fully saturated rings. The Morgan fingerprint density at radius 3 is 2.09 bits per heavy atom. The van der Waals surface area contributed by atoms with Crippen molar-refractivity contribution < 1.29 is 30.7 Å². The molecule has 1 heterocycles. The number of pyridine rings is 1. The molecule has 1 aromatic heterocycles. The highest BCUT2D eigenvalue weighted by Gasteiger charge is 2.37. The molecule has 0 unspecified atom stereocenters. The number of nitrogens with one attached hydrogen (secondary N) is 1. The number of aromatic nitrogens is 1. The lowest BCUT2D eigenvalue weighted by Gasteiger charge is -2.25. The van der Waals surface area contributed by atoms with Gasteiger partial charge in [-0.2, -0.15) is 31.6 Å². The largest absolute Gasteiger partial charge is 0.416 e. The molecule has 3 aromatic rings. The minimum atomic E-state index is -4.99. The Morgan fingerprint density at radius 2 is 1.58 bits per heavy atom. The Bertz CT molecular complexity index is 1220. The van der Waals surface area contributed by atoms with Gasteiger partial charge in [0.25, 0.3) is 0 Å². The first-order valence-electron chi connectivity index (χ1n) is 9.35. The highest BCUT2D eigenvalue weighted by Crippen LogP contribution is 2.36. The van der Waals surface area contributed by atoms with Gasteiger partial charge >= 0.3 is 12.4 Å². The second-order valence-corrected chi connectivity index (χ2v) is 7.30. The summed E-state index contributed by atoms with van der Waals surface area (Å²) in [6, 6.07) is 8.32. The molecule has 0 aliphatic rings. The van der Waals surface area contributed by atoms with Gasteiger partial charge in [-0.3, -0.25) is 5.41 Å². The van der Waals surface area contributed by atoms with E-state index in [1.165, 1.54) is 30.0 Å². The average molecular weight is 468 g/mol. The van der Waals surface area contributed by atoms with E-state index in [0.717, 1.165) is 6.07 Å². The van der Waals surface area contributed by atoms with E-state index in [0.29, 0.717) is 17.5 Å². The number of nitriles is 1. The van der Waals surface area contributed by atoms with Gasteiger partial charge in [0.2, 0.25) is 0 Å². The van der Waals surface area contributed by atoms with Crippen molar-refractivity contribution in [3.05, 3.63) is 76.2 Å². The van der Waals surface area contributed by atoms with Crippen LogP contribution in [0.5, 0.6) is 0 Å². The number of fused-ring (bicyclic) bond motifs is 1. The SMILES string of the molecule is CC(=N)N(Cc1cc(C(F)(F)F)cc(C(F)(F)F)c1)Cc1cc2ccc(F)cc2nc1C#N. The van der Waals surface area contributed by atoms with Gasteiger partial charge in [0, 0.05) is 30.1 Å². The molecule has 4 nitrogen and oxygen atoms in total. The van der Waals surface area contributed by atoms with E-state index >= 15 is 0 Å². The van der Waals surface area contributed by atoms with Crippen LogP contribution < -0.4 is 0 Å². The fourth-order valence-electron chi connectivity index (χ4n) is 3.23. The summed E-state index contributed by atoms with van der Waals surface area (Å²) < 4.78 is 92.4. The second-order valence-electron chi connectivity index (χ2n) is 7.30. The third-order valence-corrected chi connectivity index (χ3v) is 4.82. The molecule has 11 heteroatoms. The fraction of sp³-hybridized carbons (Fsp3) is 0.227. The summed E-state index contributed by atoms with van der Waals surface area (Å²) in [5.41, 5.74) is -2.83. The lowest BCUT2D eigenvalue weighted by Crippen LogP contribution is -2.28. The molecule has 0 saturated heterocycles. The van der Waals surface area contributed by atoms with Gasteiger partial charge < -0.3 is 4.90 Å². The molecule has 0 aliphatic heterocycles. The third-order valence-electron chi connectivity index (χ3n) is 4.82. The number of rotatable bonds is 4. The Labute approximate surface area is 183 Å². The molecule has 0 saturated carbocycles. The topological polar surface area (TPSA) is 63.8 Å². The maximum absolute atomic E-state index is 13.4. The van der Waals surface area contributed by atoms with Crippen LogP contribution in [-0.2, 0) is 25.4 Å². The van der Waals surface area contributed by atoms with Gasteiger partial charge in [0.1, 0.15) is 17.6 Å². The molecular formula is C22H15F7N4. The summed E-state index contributed by atoms with van der Waals surface area (Å²) >= 11 is 0. The van der Waals surface area contributed by atoms with Gasteiger partial charge in [-0.1, -0.05) is 0 Å². The molecule has 1 N–H and O–H groups in total. The quantitative estimate of drug-likeness (QED) is 0.278. The van der Waals surface area contributed by atoms with Crippen molar-refractivity contribution in [2.45, 2.75) is 32.4 Å². The van der Waals surface area contributed by atoms with Crippen LogP contribution in [0.25, 0.3) is 10.9 Å². The molecule has 0 aliphatic carbocycles. The van der Waals surface area contributed by atoms with Gasteiger partial charge in [-0.25, -0.2) is 9.37 Å². The van der Waals surface area contributed by atoms with Crippen LogP contribution in [0.3, 0.4) is 0 Å². The van der Waals surface area contributed by atoms with E-state index in [-0.39, 0.29) is 40.8 Å². The first-order chi connectivity index (χ1) is 15.3. The zero-order chi connectivity index (χ0) is 24.6. The van der Waals surface area contributed by atoms with E-state index < -0.39 is 35.8 Å². The third kappa shape index (κ3) is 5.58. The van der Waals surface area contributed by atoms with Crippen molar-refractivity contribution in [2.24, 2.45) is 0 Å². The average Bonchev–Trinajstić information content (AvgIpc) is 2.71. The Hall–Kier alpha value is -3.68. The standard InChI is InChI=1S/C22H15F7N4/c1-12(31)33(10-13-4-16(21(24,25)26)7-17(5-13)22(27,28)29)11-15-6-14-2-3-18(23)8-19(14)32-20(15)9-30/h2-8,31H,10-11H2,1H3. The van der Waals surface area contributed by atoms with Gasteiger partial charge in [0.15, 0.2) is 0 Å². The van der Waals surface area contributed by atoms with Crippen molar-refractivity contribution >= 4 is 16.7 Å². The fourth-order valence-corrected chi connectivity index (χ4v) is 3.23. The molecule has 2 aromatic carbocycles. The van der Waals surface area contributed by atoms with E-state index in [2.05, 4.69) is 4.98 Å². The van der Waals surface area contributed by atoms with Crippen molar-refractivity contribution in [1.82, 2.24) is 9.88 Å². The molecule has 0 bridgehead atoms. The minimum absolute atomic E-state index is 0.0330. The maximum Gasteiger partial charge on any atom is 0.416 e. The van der Waals surface area contributed by atoms with Crippen molar-refractivity contribution in [2.75, 3.05) is 0 Å². The predicted molar refractivity (Wildman–Crippen MR) is 106 cm³/mol. The van der Waals surface area contributed by atoms with Crippen molar-refractivity contribution in [3.63, 3.8) is 0 Å². The van der Waals surface area contributed by atoms with Crippen LogP contribution in [-0.4, -0.2) is 15.7 Å². The highest BCUT2D eigenvalue weighted by atomic mass is 19.4. The van der Waals surface area contributed by atoms with Crippen LogP contribution in [0, 0.1) is 22.6 Å². The molecule has 3 rings (SSSR count). The number of nitrogens with zero attached hydrogens (tertiary/aromatic N) is 3. The van der Waals surface area contributed by atoms with Crippen LogP contribution in [0.2, 0.25) is 0 Å². The molecular weight excluding hydrogens is 453 g/mol.